The zero-order valence-electron chi connectivity index (χ0n) is 44.7. The number of rotatable bonds is 5. The van der Waals surface area contributed by atoms with Gasteiger partial charge in [0.05, 0.1) is 0 Å². The normalized spacial score (nSPS) is 16.9. The van der Waals surface area contributed by atoms with Gasteiger partial charge >= 0.3 is 17.1 Å². The van der Waals surface area contributed by atoms with Gasteiger partial charge in [0.15, 0.2) is 0 Å². The predicted molar refractivity (Wildman–Crippen MR) is 307 cm³/mol. The maximum atomic E-state index is 2.48. The van der Waals surface area contributed by atoms with Crippen LogP contribution in [0.25, 0.3) is 66.8 Å². The molecule has 0 atom stereocenters. The third kappa shape index (κ3) is 8.47. The van der Waals surface area contributed by atoms with Crippen LogP contribution in [0.15, 0.2) is 158 Å². The largest absolute Gasteiger partial charge is 2.00 e. The van der Waals surface area contributed by atoms with Crippen LogP contribution in [0.5, 0.6) is 0 Å². The van der Waals surface area contributed by atoms with Crippen LogP contribution in [0.3, 0.4) is 0 Å². The van der Waals surface area contributed by atoms with Gasteiger partial charge in [-0.05, 0) is 193 Å². The van der Waals surface area contributed by atoms with Crippen LogP contribution in [0, 0.1) is 28.7 Å². The maximum Gasteiger partial charge on any atom is 2.00 e. The summed E-state index contributed by atoms with van der Waals surface area (Å²) >= 11 is 0. The van der Waals surface area contributed by atoms with Crippen LogP contribution >= 0.6 is 0 Å². The molecule has 0 amide bonds. The fraction of sp³-hybridized carbons (Fsp3) is 0.296. The quantitative estimate of drug-likeness (QED) is 0.119. The summed E-state index contributed by atoms with van der Waals surface area (Å²) in [6.07, 6.45) is 11.1. The predicted octanol–water partition coefficient (Wildman–Crippen LogP) is 20.1. The van der Waals surface area contributed by atoms with Crippen molar-refractivity contribution in [3.8, 4) is 66.8 Å². The summed E-state index contributed by atoms with van der Waals surface area (Å²) in [5, 5.41) is 0. The van der Waals surface area contributed by atoms with Gasteiger partial charge in [-0.25, -0.2) is 0 Å². The Morgan fingerprint density at radius 1 is 0.292 bits per heavy atom. The number of benzene rings is 8. The van der Waals surface area contributed by atoms with E-state index in [0.717, 1.165) is 11.8 Å². The molecular formula is C71H74Fe. The van der Waals surface area contributed by atoms with Crippen molar-refractivity contribution in [1.82, 2.24) is 0 Å². The molecule has 0 aliphatic heterocycles. The topological polar surface area (TPSA) is 0 Å². The van der Waals surface area contributed by atoms with Crippen molar-refractivity contribution in [2.24, 2.45) is 0 Å². The van der Waals surface area contributed by atoms with Gasteiger partial charge in [0, 0.05) is 16.2 Å². The Morgan fingerprint density at radius 3 is 0.847 bits per heavy atom. The van der Waals surface area contributed by atoms with E-state index < -0.39 is 0 Å². The summed E-state index contributed by atoms with van der Waals surface area (Å²) in [7, 11) is 0. The van der Waals surface area contributed by atoms with Crippen molar-refractivity contribution < 1.29 is 17.1 Å². The minimum Gasteiger partial charge on any atom is -0.358 e. The summed E-state index contributed by atoms with van der Waals surface area (Å²) in [5.41, 5.74) is 30.2. The SMILES string of the molecule is Cc1ccc(C2CCCC2)cc1.Cc1ccc2c(c1)C(C)(C)c1cc(-c3ccc4c(c3)C(C)(C)c3cc(-c5ccc6c(c5)C(C)(C)c5cc(-c7ccc(C8CCCC8)cc7)ccc5-6)ccc3-4)ccc1-2.[CH3-].[CH3-].[Fe+2]. The van der Waals surface area contributed by atoms with E-state index in [0.29, 0.717) is 0 Å². The van der Waals surface area contributed by atoms with Gasteiger partial charge in [-0.2, -0.15) is 0 Å². The van der Waals surface area contributed by atoms with Gasteiger partial charge in [0.25, 0.3) is 0 Å². The third-order valence-electron chi connectivity index (χ3n) is 17.8. The third-order valence-corrected chi connectivity index (χ3v) is 17.8. The fourth-order valence-corrected chi connectivity index (χ4v) is 13.5. The minimum absolute atomic E-state index is 0. The summed E-state index contributed by atoms with van der Waals surface area (Å²) < 4.78 is 0. The average molecular weight is 983 g/mol. The molecule has 8 aromatic carbocycles. The molecule has 13 rings (SSSR count). The second-order valence-electron chi connectivity index (χ2n) is 23.2. The Balaban J connectivity index is 0.000000375. The van der Waals surface area contributed by atoms with Crippen LogP contribution in [-0.4, -0.2) is 0 Å². The first-order chi connectivity index (χ1) is 33.3. The first kappa shape index (κ1) is 51.2. The van der Waals surface area contributed by atoms with E-state index in [1.807, 2.05) is 0 Å². The van der Waals surface area contributed by atoms with Gasteiger partial charge < -0.3 is 14.9 Å². The molecule has 0 bridgehead atoms. The molecular weight excluding hydrogens is 909 g/mol. The summed E-state index contributed by atoms with van der Waals surface area (Å²) in [4.78, 5) is 0. The Morgan fingerprint density at radius 2 is 0.528 bits per heavy atom. The summed E-state index contributed by atoms with van der Waals surface area (Å²) in [5.74, 6) is 1.62. The number of hydrogen-bond donors (Lipinski definition) is 0. The summed E-state index contributed by atoms with van der Waals surface area (Å²) in [6, 6.07) is 61.4. The molecule has 0 radical (unpaired) electrons. The molecule has 2 fully saturated rings. The molecule has 0 saturated heterocycles. The van der Waals surface area contributed by atoms with Crippen LogP contribution in [0.2, 0.25) is 0 Å². The van der Waals surface area contributed by atoms with Crippen LogP contribution in [0.4, 0.5) is 0 Å². The molecule has 1 heteroatoms. The number of hydrogen-bond acceptors (Lipinski definition) is 0. The van der Waals surface area contributed by atoms with E-state index in [1.54, 1.807) is 5.56 Å². The first-order valence-corrected chi connectivity index (χ1v) is 26.3. The van der Waals surface area contributed by atoms with Crippen LogP contribution in [-0.2, 0) is 33.3 Å². The average Bonchev–Trinajstić information content (AvgIpc) is 4.21. The molecule has 0 nitrogen and oxygen atoms in total. The smallest absolute Gasteiger partial charge is 0.358 e. The van der Waals surface area contributed by atoms with E-state index in [-0.39, 0.29) is 48.2 Å². The van der Waals surface area contributed by atoms with E-state index in [4.69, 9.17) is 0 Å². The van der Waals surface area contributed by atoms with E-state index >= 15 is 0 Å². The molecule has 0 unspecified atom stereocenters. The Labute approximate surface area is 444 Å². The van der Waals surface area contributed by atoms with Crippen LogP contribution in [0.1, 0.15) is 160 Å². The van der Waals surface area contributed by atoms with Crippen molar-refractivity contribution >= 4 is 0 Å². The second-order valence-corrected chi connectivity index (χ2v) is 23.2. The Bertz CT molecular complexity index is 3310. The molecule has 366 valence electrons. The maximum absolute atomic E-state index is 2.48. The second kappa shape index (κ2) is 19.3. The number of aryl methyl sites for hydroxylation is 2. The van der Waals surface area contributed by atoms with Crippen LogP contribution < -0.4 is 0 Å². The fourth-order valence-electron chi connectivity index (χ4n) is 13.5. The zero-order chi connectivity index (χ0) is 47.4. The standard InChI is InChI=1S/C57H52.C12H16.2CH3.Fe/c1-34-12-22-43-44-24-18-39(30-51(44)55(2,3)49(43)28-34)40-20-26-47-48-27-21-42(33-54(48)57(6,7)53(47)32-40)41-19-25-46-45-23-17-38(29-50(45)56(4,5)52(46)31-41)37-15-13-36(14-16-37)35-10-8-9-11-35;1-10-6-8-12(9-7-10)11-4-2-3-5-11;;;/h12-33,35H,8-11H2,1-7H3;6-9,11H,2-5H2,1H3;2*1H3;/q;;2*-1;+2. The molecule has 0 N–H and O–H groups in total. The van der Waals surface area contributed by atoms with Crippen molar-refractivity contribution in [2.75, 3.05) is 0 Å². The van der Waals surface area contributed by atoms with Gasteiger partial charge in [-0.1, -0.05) is 206 Å². The van der Waals surface area contributed by atoms with E-state index in [9.17, 15) is 0 Å². The summed E-state index contributed by atoms with van der Waals surface area (Å²) in [6.45, 7) is 18.8. The Hall–Kier alpha value is -5.72. The van der Waals surface area contributed by atoms with Crippen molar-refractivity contribution in [2.45, 2.75) is 135 Å². The molecule has 0 aromatic heterocycles. The molecule has 72 heavy (non-hydrogen) atoms. The molecule has 0 spiro atoms. The molecule has 8 aromatic rings. The molecule has 5 aliphatic carbocycles. The van der Waals surface area contributed by atoms with Crippen molar-refractivity contribution in [3.05, 3.63) is 228 Å². The van der Waals surface area contributed by atoms with Gasteiger partial charge in [-0.15, -0.1) is 0 Å². The van der Waals surface area contributed by atoms with Gasteiger partial charge in [-0.3, -0.25) is 0 Å². The van der Waals surface area contributed by atoms with Crippen molar-refractivity contribution in [3.63, 3.8) is 0 Å². The Kier molecular flexibility index (Phi) is 13.7. The van der Waals surface area contributed by atoms with Gasteiger partial charge in [0.2, 0.25) is 0 Å². The molecule has 2 saturated carbocycles. The molecule has 0 heterocycles. The van der Waals surface area contributed by atoms with Gasteiger partial charge in [0.1, 0.15) is 0 Å². The number of fused-ring (bicyclic) bond motifs is 9. The minimum atomic E-state index is -0.113. The van der Waals surface area contributed by atoms with Crippen molar-refractivity contribution in [1.29, 1.82) is 0 Å². The van der Waals surface area contributed by atoms with E-state index in [2.05, 4.69) is 213 Å². The van der Waals surface area contributed by atoms with E-state index in [1.165, 1.54) is 168 Å². The monoisotopic (exact) mass is 983 g/mol. The zero-order valence-corrected chi connectivity index (χ0v) is 45.8. The first-order valence-electron chi connectivity index (χ1n) is 26.3. The molecule has 5 aliphatic rings.